The van der Waals surface area contributed by atoms with E-state index in [9.17, 15) is 4.79 Å². The first-order valence-electron chi connectivity index (χ1n) is 6.66. The van der Waals surface area contributed by atoms with Crippen molar-refractivity contribution in [1.29, 1.82) is 0 Å². The summed E-state index contributed by atoms with van der Waals surface area (Å²) < 4.78 is 5.63. The Balaban J connectivity index is 2.38. The number of hydrogen-bond acceptors (Lipinski definition) is 2. The van der Waals surface area contributed by atoms with Crippen LogP contribution in [0.4, 0.5) is 0 Å². The highest BCUT2D eigenvalue weighted by Crippen LogP contribution is 2.26. The zero-order valence-electron chi connectivity index (χ0n) is 11.7. The summed E-state index contributed by atoms with van der Waals surface area (Å²) in [5.41, 5.74) is 2.08. The molecule has 2 aromatic carbocycles. The molecular formula is C17H17ClO2. The van der Waals surface area contributed by atoms with Crippen LogP contribution in [0, 0.1) is 6.92 Å². The summed E-state index contributed by atoms with van der Waals surface area (Å²) in [7, 11) is 0. The zero-order chi connectivity index (χ0) is 14.5. The molecule has 0 radical (unpaired) electrons. The fourth-order valence-electron chi connectivity index (χ4n) is 1.94. The molecule has 20 heavy (non-hydrogen) atoms. The summed E-state index contributed by atoms with van der Waals surface area (Å²) in [4.78, 5) is 12.6. The Morgan fingerprint density at radius 1 is 1.15 bits per heavy atom. The van der Waals surface area contributed by atoms with Gasteiger partial charge in [0.2, 0.25) is 0 Å². The summed E-state index contributed by atoms with van der Waals surface area (Å²) >= 11 is 6.17. The second-order valence-corrected chi connectivity index (χ2v) is 5.06. The number of ether oxygens (including phenoxy) is 1. The van der Waals surface area contributed by atoms with Crippen LogP contribution in [0.25, 0.3) is 0 Å². The van der Waals surface area contributed by atoms with Gasteiger partial charge in [0, 0.05) is 5.56 Å². The van der Waals surface area contributed by atoms with E-state index in [1.165, 1.54) is 0 Å². The number of benzene rings is 2. The van der Waals surface area contributed by atoms with E-state index in [1.54, 1.807) is 18.2 Å². The number of aryl methyl sites for hydroxylation is 1. The SMILES string of the molecule is CCCOc1ccccc1C(=O)c1ccc(C)cc1Cl. The standard InChI is InChI=1S/C17H17ClO2/c1-3-10-20-16-7-5-4-6-14(16)17(19)13-9-8-12(2)11-15(13)18/h4-9,11H,3,10H2,1-2H3. The van der Waals surface area contributed by atoms with E-state index in [-0.39, 0.29) is 5.78 Å². The van der Waals surface area contributed by atoms with E-state index < -0.39 is 0 Å². The van der Waals surface area contributed by atoms with Crippen LogP contribution in [0.1, 0.15) is 34.8 Å². The monoisotopic (exact) mass is 288 g/mol. The Kier molecular flexibility index (Phi) is 4.80. The molecule has 0 aliphatic carbocycles. The van der Waals surface area contributed by atoms with Crippen molar-refractivity contribution in [3.05, 3.63) is 64.2 Å². The number of para-hydroxylation sites is 1. The third-order valence-electron chi connectivity index (χ3n) is 2.96. The predicted molar refractivity (Wildman–Crippen MR) is 81.8 cm³/mol. The number of ketones is 1. The van der Waals surface area contributed by atoms with E-state index in [0.717, 1.165) is 12.0 Å². The van der Waals surface area contributed by atoms with Gasteiger partial charge >= 0.3 is 0 Å². The molecule has 0 atom stereocenters. The zero-order valence-corrected chi connectivity index (χ0v) is 12.4. The minimum Gasteiger partial charge on any atom is -0.493 e. The number of carbonyl (C=O) groups is 1. The fourth-order valence-corrected chi connectivity index (χ4v) is 2.26. The van der Waals surface area contributed by atoms with Gasteiger partial charge in [-0.1, -0.05) is 36.7 Å². The average Bonchev–Trinajstić information content (AvgIpc) is 2.45. The van der Waals surface area contributed by atoms with Crippen LogP contribution in [0.3, 0.4) is 0 Å². The predicted octanol–water partition coefficient (Wildman–Crippen LogP) is 4.67. The third-order valence-corrected chi connectivity index (χ3v) is 3.28. The largest absolute Gasteiger partial charge is 0.493 e. The van der Waals surface area contributed by atoms with Gasteiger partial charge in [0.25, 0.3) is 0 Å². The Labute approximate surface area is 124 Å². The summed E-state index contributed by atoms with van der Waals surface area (Å²) in [5, 5.41) is 0.472. The molecule has 0 unspecified atom stereocenters. The van der Waals surface area contributed by atoms with Gasteiger partial charge in [0.1, 0.15) is 5.75 Å². The minimum absolute atomic E-state index is 0.110. The van der Waals surface area contributed by atoms with Crippen LogP contribution in [0.5, 0.6) is 5.75 Å². The molecule has 2 nitrogen and oxygen atoms in total. The van der Waals surface area contributed by atoms with Gasteiger partial charge in [0.05, 0.1) is 17.2 Å². The molecule has 0 heterocycles. The third kappa shape index (κ3) is 3.20. The molecule has 2 aromatic rings. The van der Waals surface area contributed by atoms with Crippen molar-refractivity contribution < 1.29 is 9.53 Å². The topological polar surface area (TPSA) is 26.3 Å². The smallest absolute Gasteiger partial charge is 0.198 e. The minimum atomic E-state index is -0.110. The molecule has 0 bridgehead atoms. The molecule has 3 heteroatoms. The van der Waals surface area contributed by atoms with Crippen LogP contribution < -0.4 is 4.74 Å². The van der Waals surface area contributed by atoms with E-state index >= 15 is 0 Å². The van der Waals surface area contributed by atoms with E-state index in [0.29, 0.717) is 28.5 Å². The van der Waals surface area contributed by atoms with E-state index in [4.69, 9.17) is 16.3 Å². The lowest BCUT2D eigenvalue weighted by molar-refractivity contribution is 0.103. The van der Waals surface area contributed by atoms with Crippen molar-refractivity contribution in [2.45, 2.75) is 20.3 Å². The van der Waals surface area contributed by atoms with Crippen LogP contribution in [-0.4, -0.2) is 12.4 Å². The van der Waals surface area contributed by atoms with Gasteiger partial charge in [-0.3, -0.25) is 4.79 Å². The Bertz CT molecular complexity index is 620. The highest BCUT2D eigenvalue weighted by Gasteiger charge is 2.16. The number of halogens is 1. The first kappa shape index (κ1) is 14.6. The highest BCUT2D eigenvalue weighted by atomic mass is 35.5. The molecule has 0 amide bonds. The van der Waals surface area contributed by atoms with Crippen molar-refractivity contribution in [3.63, 3.8) is 0 Å². The van der Waals surface area contributed by atoms with Gasteiger partial charge in [-0.2, -0.15) is 0 Å². The second-order valence-electron chi connectivity index (χ2n) is 4.66. The Morgan fingerprint density at radius 2 is 1.90 bits per heavy atom. The maximum atomic E-state index is 12.6. The average molecular weight is 289 g/mol. The molecule has 2 rings (SSSR count). The summed E-state index contributed by atoms with van der Waals surface area (Å²) in [6.07, 6.45) is 0.897. The first-order valence-corrected chi connectivity index (χ1v) is 7.04. The molecule has 0 aliphatic rings. The van der Waals surface area contributed by atoms with Crippen LogP contribution >= 0.6 is 11.6 Å². The van der Waals surface area contributed by atoms with Gasteiger partial charge in [-0.05, 0) is 43.2 Å². The van der Waals surface area contributed by atoms with E-state index in [2.05, 4.69) is 0 Å². The fraction of sp³-hybridized carbons (Fsp3) is 0.235. The van der Waals surface area contributed by atoms with Crippen molar-refractivity contribution in [2.75, 3.05) is 6.61 Å². The normalized spacial score (nSPS) is 10.3. The number of rotatable bonds is 5. The molecular weight excluding hydrogens is 272 g/mol. The van der Waals surface area contributed by atoms with Crippen molar-refractivity contribution in [2.24, 2.45) is 0 Å². The molecule has 0 aromatic heterocycles. The number of hydrogen-bond donors (Lipinski definition) is 0. The maximum absolute atomic E-state index is 12.6. The lowest BCUT2D eigenvalue weighted by atomic mass is 10.0. The van der Waals surface area contributed by atoms with Gasteiger partial charge in [-0.15, -0.1) is 0 Å². The Morgan fingerprint density at radius 3 is 2.60 bits per heavy atom. The molecule has 0 aliphatic heterocycles. The number of carbonyl (C=O) groups excluding carboxylic acids is 1. The van der Waals surface area contributed by atoms with Gasteiger partial charge in [-0.25, -0.2) is 0 Å². The second kappa shape index (κ2) is 6.58. The molecule has 0 saturated carbocycles. The molecule has 104 valence electrons. The van der Waals surface area contributed by atoms with Crippen molar-refractivity contribution in [3.8, 4) is 5.75 Å². The van der Waals surface area contributed by atoms with Gasteiger partial charge in [0.15, 0.2) is 5.78 Å². The summed E-state index contributed by atoms with van der Waals surface area (Å²) in [6.45, 7) is 4.56. The van der Waals surface area contributed by atoms with Crippen LogP contribution in [0.15, 0.2) is 42.5 Å². The quantitative estimate of drug-likeness (QED) is 0.748. The maximum Gasteiger partial charge on any atom is 0.198 e. The molecule has 0 N–H and O–H groups in total. The molecule has 0 spiro atoms. The lowest BCUT2D eigenvalue weighted by Gasteiger charge is -2.11. The van der Waals surface area contributed by atoms with Gasteiger partial charge < -0.3 is 4.74 Å². The highest BCUT2D eigenvalue weighted by molar-refractivity contribution is 6.35. The van der Waals surface area contributed by atoms with E-state index in [1.807, 2.05) is 38.1 Å². The van der Waals surface area contributed by atoms with Crippen molar-refractivity contribution in [1.82, 2.24) is 0 Å². The lowest BCUT2D eigenvalue weighted by Crippen LogP contribution is -2.06. The van der Waals surface area contributed by atoms with Crippen molar-refractivity contribution >= 4 is 17.4 Å². The molecule has 0 saturated heterocycles. The summed E-state index contributed by atoms with van der Waals surface area (Å²) in [6, 6.07) is 12.7. The Hall–Kier alpha value is -1.80. The van der Waals surface area contributed by atoms with Crippen LogP contribution in [0.2, 0.25) is 5.02 Å². The molecule has 0 fully saturated rings. The summed E-state index contributed by atoms with van der Waals surface area (Å²) in [5.74, 6) is 0.498. The van der Waals surface area contributed by atoms with Crippen LogP contribution in [-0.2, 0) is 0 Å². The first-order chi connectivity index (χ1) is 9.63.